The molecule has 0 radical (unpaired) electrons. The molecule has 1 amide bonds. The van der Waals surface area contributed by atoms with Crippen molar-refractivity contribution in [3.8, 4) is 0 Å². The Morgan fingerprint density at radius 3 is 2.15 bits per heavy atom. The summed E-state index contributed by atoms with van der Waals surface area (Å²) in [5.41, 5.74) is 1.77. The molecule has 20 heavy (non-hydrogen) atoms. The van der Waals surface area contributed by atoms with Crippen LogP contribution in [0.3, 0.4) is 0 Å². The van der Waals surface area contributed by atoms with Crippen LogP contribution in [0.4, 0.5) is 5.69 Å². The molecule has 2 fully saturated rings. The normalized spacial score (nSPS) is 26.1. The highest BCUT2D eigenvalue weighted by atomic mass is 16.3. The fourth-order valence-corrected chi connectivity index (χ4v) is 2.67. The van der Waals surface area contributed by atoms with E-state index in [1.165, 1.54) is 0 Å². The number of nitrogens with one attached hydrogen (secondary N) is 2. The molecule has 2 saturated carbocycles. The first kappa shape index (κ1) is 13.4. The van der Waals surface area contributed by atoms with E-state index in [0.717, 1.165) is 49.8 Å². The molecule has 0 aromatic heterocycles. The van der Waals surface area contributed by atoms with E-state index in [2.05, 4.69) is 10.6 Å². The van der Waals surface area contributed by atoms with Crippen molar-refractivity contribution in [2.45, 2.75) is 56.7 Å². The Bertz CT molecular complexity index is 460. The number of hydrogen-bond acceptors (Lipinski definition) is 3. The smallest absolute Gasteiger partial charge is 0.251 e. The van der Waals surface area contributed by atoms with Crippen molar-refractivity contribution < 1.29 is 9.90 Å². The fourth-order valence-electron chi connectivity index (χ4n) is 2.67. The molecule has 0 heterocycles. The minimum Gasteiger partial charge on any atom is -0.393 e. The molecular weight excluding hydrogens is 252 g/mol. The third-order valence-electron chi connectivity index (χ3n) is 4.13. The van der Waals surface area contributed by atoms with Crippen molar-refractivity contribution >= 4 is 11.6 Å². The fraction of sp³-hybridized carbons (Fsp3) is 0.562. The van der Waals surface area contributed by atoms with E-state index in [9.17, 15) is 9.90 Å². The number of hydrogen-bond donors (Lipinski definition) is 3. The van der Waals surface area contributed by atoms with Crippen LogP contribution < -0.4 is 10.6 Å². The molecule has 1 aromatic carbocycles. The van der Waals surface area contributed by atoms with Crippen molar-refractivity contribution in [3.05, 3.63) is 29.8 Å². The van der Waals surface area contributed by atoms with Gasteiger partial charge in [0.15, 0.2) is 0 Å². The monoisotopic (exact) mass is 274 g/mol. The van der Waals surface area contributed by atoms with Crippen molar-refractivity contribution in [3.63, 3.8) is 0 Å². The van der Waals surface area contributed by atoms with Crippen molar-refractivity contribution in [1.29, 1.82) is 0 Å². The zero-order valence-electron chi connectivity index (χ0n) is 11.6. The Morgan fingerprint density at radius 1 is 0.950 bits per heavy atom. The van der Waals surface area contributed by atoms with Crippen LogP contribution in [-0.4, -0.2) is 29.2 Å². The summed E-state index contributed by atoms with van der Waals surface area (Å²) in [5.74, 6) is 0.0276. The maximum absolute atomic E-state index is 11.9. The highest BCUT2D eigenvalue weighted by Crippen LogP contribution is 2.23. The van der Waals surface area contributed by atoms with E-state index >= 15 is 0 Å². The third-order valence-corrected chi connectivity index (χ3v) is 4.13. The Morgan fingerprint density at radius 2 is 1.55 bits per heavy atom. The van der Waals surface area contributed by atoms with Crippen LogP contribution in [0.25, 0.3) is 0 Å². The van der Waals surface area contributed by atoms with Gasteiger partial charge in [-0.25, -0.2) is 0 Å². The van der Waals surface area contributed by atoms with Gasteiger partial charge in [0.25, 0.3) is 5.91 Å². The van der Waals surface area contributed by atoms with Gasteiger partial charge in [-0.3, -0.25) is 4.79 Å². The lowest BCUT2D eigenvalue weighted by Crippen LogP contribution is -2.28. The summed E-state index contributed by atoms with van der Waals surface area (Å²) in [6.45, 7) is 0. The average molecular weight is 274 g/mol. The minimum atomic E-state index is -0.124. The quantitative estimate of drug-likeness (QED) is 0.789. The number of aliphatic hydroxyl groups excluding tert-OH is 1. The van der Waals surface area contributed by atoms with Gasteiger partial charge >= 0.3 is 0 Å². The van der Waals surface area contributed by atoms with Crippen LogP contribution in [0.1, 0.15) is 48.9 Å². The molecule has 0 aliphatic heterocycles. The Kier molecular flexibility index (Phi) is 3.92. The van der Waals surface area contributed by atoms with Crippen LogP contribution in [0.15, 0.2) is 24.3 Å². The first-order valence-corrected chi connectivity index (χ1v) is 7.56. The van der Waals surface area contributed by atoms with Crippen LogP contribution in [-0.2, 0) is 0 Å². The molecule has 2 aliphatic rings. The summed E-state index contributed by atoms with van der Waals surface area (Å²) in [4.78, 5) is 11.9. The predicted molar refractivity (Wildman–Crippen MR) is 78.8 cm³/mol. The van der Waals surface area contributed by atoms with Crippen molar-refractivity contribution in [2.24, 2.45) is 0 Å². The summed E-state index contributed by atoms with van der Waals surface area (Å²) >= 11 is 0. The van der Waals surface area contributed by atoms with Gasteiger partial charge in [0.05, 0.1) is 6.10 Å². The number of benzene rings is 1. The molecule has 3 N–H and O–H groups in total. The average Bonchev–Trinajstić information content (AvgIpc) is 3.26. The maximum Gasteiger partial charge on any atom is 0.251 e. The van der Waals surface area contributed by atoms with Gasteiger partial charge < -0.3 is 15.7 Å². The molecule has 2 aliphatic carbocycles. The first-order valence-electron chi connectivity index (χ1n) is 7.56. The van der Waals surface area contributed by atoms with E-state index in [1.54, 1.807) is 0 Å². The van der Waals surface area contributed by atoms with Crippen LogP contribution in [0, 0.1) is 0 Å². The summed E-state index contributed by atoms with van der Waals surface area (Å²) in [7, 11) is 0. The second-order valence-electron chi connectivity index (χ2n) is 5.97. The van der Waals surface area contributed by atoms with Crippen LogP contribution in [0.2, 0.25) is 0 Å². The summed E-state index contributed by atoms with van der Waals surface area (Å²) in [6.07, 6.45) is 5.86. The molecule has 0 saturated heterocycles. The van der Waals surface area contributed by atoms with Gasteiger partial charge in [-0.05, 0) is 62.8 Å². The van der Waals surface area contributed by atoms with E-state index in [1.807, 2.05) is 24.3 Å². The summed E-state index contributed by atoms with van der Waals surface area (Å²) in [5, 5.41) is 16.0. The number of anilines is 1. The molecule has 0 spiro atoms. The summed E-state index contributed by atoms with van der Waals surface area (Å²) in [6, 6.07) is 8.51. The zero-order valence-corrected chi connectivity index (χ0v) is 11.6. The number of rotatable bonds is 4. The van der Waals surface area contributed by atoms with E-state index in [-0.39, 0.29) is 12.0 Å². The maximum atomic E-state index is 11.9. The molecule has 0 unspecified atom stereocenters. The second kappa shape index (κ2) is 5.83. The highest BCUT2D eigenvalue weighted by molar-refractivity contribution is 5.94. The second-order valence-corrected chi connectivity index (χ2v) is 5.97. The van der Waals surface area contributed by atoms with Crippen LogP contribution >= 0.6 is 0 Å². The standard InChI is InChI=1S/C16H22N2O2/c19-15-9-7-13(8-10-15)17-12-3-1-11(2-4-12)16(20)18-14-5-6-14/h1-4,13-15,17,19H,5-10H2,(H,18,20). The van der Waals surface area contributed by atoms with Gasteiger partial charge in [-0.15, -0.1) is 0 Å². The van der Waals surface area contributed by atoms with Gasteiger partial charge in [0.1, 0.15) is 0 Å². The van der Waals surface area contributed by atoms with E-state index in [0.29, 0.717) is 12.1 Å². The lowest BCUT2D eigenvalue weighted by atomic mass is 9.93. The van der Waals surface area contributed by atoms with Gasteiger partial charge in [0.2, 0.25) is 0 Å². The molecule has 4 nitrogen and oxygen atoms in total. The molecular formula is C16H22N2O2. The van der Waals surface area contributed by atoms with E-state index < -0.39 is 0 Å². The van der Waals surface area contributed by atoms with Crippen molar-refractivity contribution in [1.82, 2.24) is 5.32 Å². The Balaban J connectivity index is 1.54. The van der Waals surface area contributed by atoms with Gasteiger partial charge in [0, 0.05) is 23.3 Å². The molecule has 108 valence electrons. The third kappa shape index (κ3) is 3.51. The van der Waals surface area contributed by atoms with Crippen molar-refractivity contribution in [2.75, 3.05) is 5.32 Å². The number of carbonyl (C=O) groups excluding carboxylic acids is 1. The number of carbonyl (C=O) groups is 1. The van der Waals surface area contributed by atoms with Gasteiger partial charge in [-0.2, -0.15) is 0 Å². The topological polar surface area (TPSA) is 61.4 Å². The lowest BCUT2D eigenvalue weighted by Gasteiger charge is -2.27. The molecule has 0 bridgehead atoms. The SMILES string of the molecule is O=C(NC1CC1)c1ccc(NC2CCC(O)CC2)cc1. The first-order chi connectivity index (χ1) is 9.70. The van der Waals surface area contributed by atoms with Crippen LogP contribution in [0.5, 0.6) is 0 Å². The molecule has 4 heteroatoms. The molecule has 0 atom stereocenters. The predicted octanol–water partition coefficient (Wildman–Crippen LogP) is 2.29. The minimum absolute atomic E-state index is 0.0276. The Labute approximate surface area is 119 Å². The number of aliphatic hydroxyl groups is 1. The van der Waals surface area contributed by atoms with Gasteiger partial charge in [-0.1, -0.05) is 0 Å². The molecule has 3 rings (SSSR count). The number of amides is 1. The lowest BCUT2D eigenvalue weighted by molar-refractivity contribution is 0.0951. The molecule has 1 aromatic rings. The largest absolute Gasteiger partial charge is 0.393 e. The highest BCUT2D eigenvalue weighted by Gasteiger charge is 2.23. The Hall–Kier alpha value is -1.55. The zero-order chi connectivity index (χ0) is 13.9. The van der Waals surface area contributed by atoms with E-state index in [4.69, 9.17) is 0 Å². The summed E-state index contributed by atoms with van der Waals surface area (Å²) < 4.78 is 0.